The van der Waals surface area contributed by atoms with Crippen molar-refractivity contribution in [3.05, 3.63) is 33.1 Å². The number of ether oxygens (including phenoxy) is 1. The van der Waals surface area contributed by atoms with E-state index in [0.29, 0.717) is 3.57 Å². The summed E-state index contributed by atoms with van der Waals surface area (Å²) in [5, 5.41) is 0. The van der Waals surface area contributed by atoms with Gasteiger partial charge in [-0.25, -0.2) is 9.18 Å². The minimum atomic E-state index is -1.06. The predicted octanol–water partition coefficient (Wildman–Crippen LogP) is 1.79. The lowest BCUT2D eigenvalue weighted by Gasteiger charge is -2.00. The van der Waals surface area contributed by atoms with Crippen LogP contribution in [0.1, 0.15) is 10.4 Å². The van der Waals surface area contributed by atoms with Crippen molar-refractivity contribution in [1.29, 1.82) is 0 Å². The van der Waals surface area contributed by atoms with Gasteiger partial charge >= 0.3 is 5.97 Å². The number of ketones is 1. The maximum absolute atomic E-state index is 13.1. The van der Waals surface area contributed by atoms with Gasteiger partial charge < -0.3 is 4.74 Å². The molecule has 0 fully saturated rings. The molecule has 1 aromatic carbocycles. The zero-order valence-corrected chi connectivity index (χ0v) is 9.37. The summed E-state index contributed by atoms with van der Waals surface area (Å²) in [5.74, 6) is -2.75. The topological polar surface area (TPSA) is 43.4 Å². The summed E-state index contributed by atoms with van der Waals surface area (Å²) >= 11 is 1.92. The average Bonchev–Trinajstić information content (AvgIpc) is 2.19. The van der Waals surface area contributed by atoms with Crippen molar-refractivity contribution in [2.75, 3.05) is 7.11 Å². The zero-order chi connectivity index (χ0) is 10.7. The first-order valence-electron chi connectivity index (χ1n) is 3.64. The van der Waals surface area contributed by atoms with Gasteiger partial charge in [-0.05, 0) is 40.8 Å². The Bertz CT molecular complexity index is 390. The molecule has 0 aromatic heterocycles. The molecular formula is C9H6FIO3. The van der Waals surface area contributed by atoms with Gasteiger partial charge in [-0.2, -0.15) is 0 Å². The number of carbonyl (C=O) groups excluding carboxylic acids is 2. The summed E-state index contributed by atoms with van der Waals surface area (Å²) in [7, 11) is 1.08. The van der Waals surface area contributed by atoms with E-state index in [1.54, 1.807) is 0 Å². The number of rotatable bonds is 2. The molecule has 0 spiro atoms. The number of methoxy groups -OCH3 is 1. The lowest BCUT2D eigenvalue weighted by Crippen LogP contribution is -2.17. The van der Waals surface area contributed by atoms with Gasteiger partial charge in [-0.15, -0.1) is 0 Å². The van der Waals surface area contributed by atoms with E-state index < -0.39 is 17.6 Å². The monoisotopic (exact) mass is 308 g/mol. The molecule has 74 valence electrons. The molecule has 0 aliphatic rings. The van der Waals surface area contributed by atoms with Crippen LogP contribution in [0.15, 0.2) is 18.2 Å². The molecular weight excluding hydrogens is 302 g/mol. The standard InChI is InChI=1S/C9H6FIO3/c1-14-9(13)8(12)6-4-5(11)2-3-7(6)10/h2-4H,1H3. The van der Waals surface area contributed by atoms with Crippen molar-refractivity contribution in [3.63, 3.8) is 0 Å². The van der Waals surface area contributed by atoms with Crippen LogP contribution in [0.2, 0.25) is 0 Å². The smallest absolute Gasteiger partial charge is 0.379 e. The maximum atomic E-state index is 13.1. The SMILES string of the molecule is COC(=O)C(=O)c1cc(I)ccc1F. The maximum Gasteiger partial charge on any atom is 0.379 e. The van der Waals surface area contributed by atoms with E-state index in [4.69, 9.17) is 0 Å². The highest BCUT2D eigenvalue weighted by Crippen LogP contribution is 2.13. The number of halogens is 2. The van der Waals surface area contributed by atoms with Gasteiger partial charge in [0.2, 0.25) is 0 Å². The average molecular weight is 308 g/mol. The van der Waals surface area contributed by atoms with Crippen molar-refractivity contribution in [3.8, 4) is 0 Å². The predicted molar refractivity (Wildman–Crippen MR) is 55.5 cm³/mol. The van der Waals surface area contributed by atoms with Crippen molar-refractivity contribution < 1.29 is 18.7 Å². The van der Waals surface area contributed by atoms with E-state index in [0.717, 1.165) is 13.2 Å². The third-order valence-corrected chi connectivity index (χ3v) is 2.21. The van der Waals surface area contributed by atoms with Crippen LogP contribution in [0.25, 0.3) is 0 Å². The summed E-state index contributed by atoms with van der Waals surface area (Å²) in [6.07, 6.45) is 0. The van der Waals surface area contributed by atoms with Crippen LogP contribution in [-0.4, -0.2) is 18.9 Å². The Hall–Kier alpha value is -0.980. The Morgan fingerprint density at radius 1 is 1.43 bits per heavy atom. The van der Waals surface area contributed by atoms with E-state index in [2.05, 4.69) is 4.74 Å². The van der Waals surface area contributed by atoms with Crippen LogP contribution in [-0.2, 0) is 9.53 Å². The van der Waals surface area contributed by atoms with Gasteiger partial charge in [0.1, 0.15) is 5.82 Å². The lowest BCUT2D eigenvalue weighted by molar-refractivity contribution is -0.135. The zero-order valence-electron chi connectivity index (χ0n) is 7.21. The molecule has 3 nitrogen and oxygen atoms in total. The van der Waals surface area contributed by atoms with Crippen LogP contribution < -0.4 is 0 Å². The molecule has 5 heteroatoms. The third-order valence-electron chi connectivity index (χ3n) is 1.54. The van der Waals surface area contributed by atoms with Crippen LogP contribution >= 0.6 is 22.6 Å². The van der Waals surface area contributed by atoms with Crippen LogP contribution in [0.3, 0.4) is 0 Å². The van der Waals surface area contributed by atoms with E-state index in [-0.39, 0.29) is 5.56 Å². The normalized spacial score (nSPS) is 9.64. The molecule has 0 aliphatic carbocycles. The summed E-state index contributed by atoms with van der Waals surface area (Å²) < 4.78 is 18.0. The number of benzene rings is 1. The first kappa shape index (κ1) is 11.1. The van der Waals surface area contributed by atoms with E-state index in [1.165, 1.54) is 12.1 Å². The summed E-state index contributed by atoms with van der Waals surface area (Å²) in [4.78, 5) is 22.1. The Morgan fingerprint density at radius 3 is 2.64 bits per heavy atom. The molecule has 0 saturated heterocycles. The molecule has 0 radical (unpaired) electrons. The Labute approximate surface area is 93.4 Å². The first-order chi connectivity index (χ1) is 6.56. The number of carbonyl (C=O) groups is 2. The molecule has 0 heterocycles. The Morgan fingerprint density at radius 2 is 2.07 bits per heavy atom. The highest BCUT2D eigenvalue weighted by atomic mass is 127. The summed E-state index contributed by atoms with van der Waals surface area (Å²) in [6, 6.07) is 3.94. The van der Waals surface area contributed by atoms with E-state index in [9.17, 15) is 14.0 Å². The van der Waals surface area contributed by atoms with Gasteiger partial charge in [0, 0.05) is 3.57 Å². The van der Waals surface area contributed by atoms with Gasteiger partial charge in [0.05, 0.1) is 12.7 Å². The summed E-state index contributed by atoms with van der Waals surface area (Å²) in [6.45, 7) is 0. The molecule has 14 heavy (non-hydrogen) atoms. The number of esters is 1. The van der Waals surface area contributed by atoms with Crippen molar-refractivity contribution >= 4 is 34.3 Å². The second kappa shape index (κ2) is 4.50. The van der Waals surface area contributed by atoms with Crippen LogP contribution in [0.5, 0.6) is 0 Å². The Balaban J connectivity index is 3.12. The molecule has 0 amide bonds. The number of Topliss-reactive ketones (excluding diaryl/α,β-unsaturated/α-hetero) is 1. The molecule has 0 N–H and O–H groups in total. The third kappa shape index (κ3) is 2.28. The van der Waals surface area contributed by atoms with Gasteiger partial charge in [0.15, 0.2) is 0 Å². The largest absolute Gasteiger partial charge is 0.463 e. The number of hydrogen-bond donors (Lipinski definition) is 0. The minimum absolute atomic E-state index is 0.260. The Kier molecular flexibility index (Phi) is 3.56. The minimum Gasteiger partial charge on any atom is -0.463 e. The fraction of sp³-hybridized carbons (Fsp3) is 0.111. The number of hydrogen-bond acceptors (Lipinski definition) is 3. The fourth-order valence-electron chi connectivity index (χ4n) is 0.874. The van der Waals surface area contributed by atoms with E-state index >= 15 is 0 Å². The first-order valence-corrected chi connectivity index (χ1v) is 4.72. The van der Waals surface area contributed by atoms with Crippen molar-refractivity contribution in [2.45, 2.75) is 0 Å². The molecule has 0 bridgehead atoms. The van der Waals surface area contributed by atoms with Gasteiger partial charge in [0.25, 0.3) is 5.78 Å². The van der Waals surface area contributed by atoms with E-state index in [1.807, 2.05) is 22.6 Å². The quantitative estimate of drug-likeness (QED) is 0.362. The highest BCUT2D eigenvalue weighted by molar-refractivity contribution is 14.1. The molecule has 0 aliphatic heterocycles. The molecule has 1 aromatic rings. The van der Waals surface area contributed by atoms with Gasteiger partial charge in [-0.3, -0.25) is 4.79 Å². The van der Waals surface area contributed by atoms with Crippen molar-refractivity contribution in [2.24, 2.45) is 0 Å². The summed E-state index contributed by atoms with van der Waals surface area (Å²) in [5.41, 5.74) is -0.260. The second-order valence-corrected chi connectivity index (χ2v) is 3.69. The highest BCUT2D eigenvalue weighted by Gasteiger charge is 2.20. The molecule has 0 atom stereocenters. The molecule has 0 unspecified atom stereocenters. The fourth-order valence-corrected chi connectivity index (χ4v) is 1.37. The molecule has 0 saturated carbocycles. The molecule has 1 rings (SSSR count). The lowest BCUT2D eigenvalue weighted by atomic mass is 10.1. The second-order valence-electron chi connectivity index (χ2n) is 2.44. The van der Waals surface area contributed by atoms with Crippen molar-refractivity contribution in [1.82, 2.24) is 0 Å². The van der Waals surface area contributed by atoms with Gasteiger partial charge in [-0.1, -0.05) is 0 Å². The van der Waals surface area contributed by atoms with Crippen LogP contribution in [0, 0.1) is 9.39 Å². The van der Waals surface area contributed by atoms with Crippen LogP contribution in [0.4, 0.5) is 4.39 Å².